The van der Waals surface area contributed by atoms with Gasteiger partial charge in [-0.25, -0.2) is 33.1 Å². The summed E-state index contributed by atoms with van der Waals surface area (Å²) in [6.07, 6.45) is -4.59. The number of aromatic amines is 1. The average molecular weight is 731 g/mol. The van der Waals surface area contributed by atoms with Crippen LogP contribution in [0, 0.1) is 0 Å². The Balaban J connectivity index is 1.22. The Hall–Kier alpha value is -2.73. The van der Waals surface area contributed by atoms with Gasteiger partial charge in [-0.2, -0.15) is 4.98 Å². The van der Waals surface area contributed by atoms with E-state index in [1.54, 1.807) is 0 Å². The number of nitrogens with one attached hydrogen (secondary N) is 1. The van der Waals surface area contributed by atoms with Crippen LogP contribution in [0.25, 0.3) is 22.3 Å². The average Bonchev–Trinajstić information content (AvgIpc) is 3.71. The molecule has 6 atom stereocenters. The predicted molar refractivity (Wildman–Crippen MR) is 157 cm³/mol. The number of ether oxygens (including phenoxy) is 2. The van der Waals surface area contributed by atoms with Gasteiger partial charge in [0.1, 0.15) is 36.9 Å². The second-order valence-electron chi connectivity index (χ2n) is 10.1. The smallest absolute Gasteiger partial charge is 0.325 e. The Kier molecular flexibility index (Phi) is 8.48. The molecular weight excluding hydrogens is 707 g/mol. The molecule has 0 amide bonds. The van der Waals surface area contributed by atoms with E-state index in [0.29, 0.717) is 0 Å². The maximum absolute atomic E-state index is 16.8. The molecule has 2 aliphatic heterocycles. The van der Waals surface area contributed by atoms with Crippen LogP contribution in [-0.4, -0.2) is 97.8 Å². The quantitative estimate of drug-likeness (QED) is 0.116. The lowest BCUT2D eigenvalue weighted by Gasteiger charge is -2.32. The second-order valence-corrected chi connectivity index (χ2v) is 15.6. The number of aromatic nitrogens is 8. The molecule has 8 N–H and O–H groups in total. The van der Waals surface area contributed by atoms with Crippen LogP contribution < -0.4 is 17.0 Å². The van der Waals surface area contributed by atoms with E-state index in [4.69, 9.17) is 46.3 Å². The van der Waals surface area contributed by atoms with Crippen molar-refractivity contribution in [3.05, 3.63) is 29.3 Å². The van der Waals surface area contributed by atoms with Crippen LogP contribution >= 0.6 is 13.4 Å². The van der Waals surface area contributed by atoms with Gasteiger partial charge in [0, 0.05) is 0 Å². The number of rotatable bonds is 10. The Morgan fingerprint density at radius 2 is 1.80 bits per heavy atom. The number of nitrogens with two attached hydrogens (primary N) is 2. The van der Waals surface area contributed by atoms with Gasteiger partial charge < -0.3 is 44.7 Å². The molecule has 6 heterocycles. The largest absolute Gasteiger partial charge is 0.382 e. The molecule has 2 aliphatic rings. The summed E-state index contributed by atoms with van der Waals surface area (Å²) in [5.41, 5.74) is 10.3. The molecule has 0 radical (unpaired) electrons. The molecule has 0 bridgehead atoms. The van der Waals surface area contributed by atoms with Gasteiger partial charge in [0.05, 0.1) is 32.3 Å². The van der Waals surface area contributed by atoms with Crippen molar-refractivity contribution in [3.63, 3.8) is 0 Å². The lowest BCUT2D eigenvalue weighted by molar-refractivity contribution is -0.102. The third-order valence-electron chi connectivity index (χ3n) is 7.08. The SMILES string of the molecule is Nc1nc2c(ncn2[C@H]2CC(F)(F)[C@@H](COP(O)(=S)O[C@@H]3[C@@H](COP(O)(O)=S)OC[C@]3(F)n3cnc4c(N)ncnc43)O2)c(=O)[nH]1. The van der Waals surface area contributed by atoms with Crippen molar-refractivity contribution >= 4 is 71.1 Å². The van der Waals surface area contributed by atoms with Gasteiger partial charge in [0.15, 0.2) is 28.7 Å². The van der Waals surface area contributed by atoms with Crippen LogP contribution in [0.5, 0.6) is 0 Å². The van der Waals surface area contributed by atoms with Gasteiger partial charge >= 0.3 is 13.4 Å². The summed E-state index contributed by atoms with van der Waals surface area (Å²) in [5.74, 6) is -6.68. The minimum absolute atomic E-state index is 0.0159. The highest BCUT2D eigenvalue weighted by Gasteiger charge is 2.57. The number of hydrogen-bond donors (Lipinski definition) is 6. The summed E-state index contributed by atoms with van der Waals surface area (Å²) in [5, 5.41) is 0. The number of alkyl halides is 3. The van der Waals surface area contributed by atoms with Crippen molar-refractivity contribution in [2.24, 2.45) is 0 Å². The van der Waals surface area contributed by atoms with E-state index in [9.17, 15) is 19.5 Å². The number of imidazole rings is 2. The number of H-pyrrole nitrogens is 1. The van der Waals surface area contributed by atoms with Gasteiger partial charge in [-0.1, -0.05) is 0 Å². The van der Waals surface area contributed by atoms with E-state index in [-0.39, 0.29) is 34.1 Å². The van der Waals surface area contributed by atoms with Crippen LogP contribution in [0.15, 0.2) is 23.8 Å². The van der Waals surface area contributed by atoms with E-state index in [1.807, 2.05) is 0 Å². The first-order chi connectivity index (χ1) is 21.5. The number of nitrogen functional groups attached to an aromatic ring is 2. The molecule has 2 saturated heterocycles. The molecule has 6 rings (SSSR count). The van der Waals surface area contributed by atoms with Crippen molar-refractivity contribution in [2.75, 3.05) is 31.3 Å². The number of halogens is 3. The standard InChI is InChI=1S/C20H23F3N10O9P2S2/c21-19(22)1-10(32-6-28-12-16(32)30-18(25)31-17(12)34)41-9(19)3-40-44(37,46)42-13-8(2-39-43(35,36)45)38-4-20(13,23)33-7-29-11-14(24)26-5-27-15(11)33/h5-10,13H,1-4H2,(H,37,46)(H2,24,26,27)(H2,35,36,45)(H3,25,30,31,34)/t8-,9-,10-,13-,20+,44?/m1/s1. The monoisotopic (exact) mass is 730 g/mol. The Bertz CT molecular complexity index is 1960. The van der Waals surface area contributed by atoms with E-state index in [1.165, 1.54) is 0 Å². The van der Waals surface area contributed by atoms with Crippen LogP contribution in [0.2, 0.25) is 0 Å². The first-order valence-electron chi connectivity index (χ1n) is 12.8. The molecule has 0 aromatic carbocycles. The van der Waals surface area contributed by atoms with E-state index in [2.05, 4.69) is 41.7 Å². The third kappa shape index (κ3) is 6.28. The fraction of sp³-hybridized carbons (Fsp3) is 0.500. The predicted octanol–water partition coefficient (Wildman–Crippen LogP) is -0.0879. The topological polar surface area (TPSA) is 266 Å². The zero-order valence-corrected chi connectivity index (χ0v) is 26.2. The van der Waals surface area contributed by atoms with Crippen molar-refractivity contribution in [3.8, 4) is 0 Å². The molecule has 250 valence electrons. The highest BCUT2D eigenvalue weighted by atomic mass is 32.5. The summed E-state index contributed by atoms with van der Waals surface area (Å²) in [4.78, 5) is 63.9. The van der Waals surface area contributed by atoms with Crippen LogP contribution in [0.3, 0.4) is 0 Å². The maximum Gasteiger partial charge on any atom is 0.325 e. The summed E-state index contributed by atoms with van der Waals surface area (Å²) >= 11 is 9.49. The van der Waals surface area contributed by atoms with Crippen LogP contribution in [0.1, 0.15) is 12.6 Å². The summed E-state index contributed by atoms with van der Waals surface area (Å²) in [6, 6.07) is 0. The molecule has 46 heavy (non-hydrogen) atoms. The lowest BCUT2D eigenvalue weighted by Crippen LogP contribution is -2.45. The molecule has 19 nitrogen and oxygen atoms in total. The summed E-state index contributed by atoms with van der Waals surface area (Å²) < 4.78 is 75.4. The molecule has 1 unspecified atom stereocenters. The fourth-order valence-electron chi connectivity index (χ4n) is 4.98. The zero-order chi connectivity index (χ0) is 33.2. The van der Waals surface area contributed by atoms with Crippen LogP contribution in [0.4, 0.5) is 24.9 Å². The van der Waals surface area contributed by atoms with E-state index >= 15 is 13.2 Å². The minimum Gasteiger partial charge on any atom is -0.382 e. The number of fused-ring (bicyclic) bond motifs is 2. The number of hydrogen-bond acceptors (Lipinski definition) is 15. The van der Waals surface area contributed by atoms with Gasteiger partial charge in [0.25, 0.3) is 11.5 Å². The van der Waals surface area contributed by atoms with Crippen LogP contribution in [-0.2, 0) is 52.5 Å². The van der Waals surface area contributed by atoms with E-state index in [0.717, 1.165) is 28.1 Å². The molecule has 26 heteroatoms. The molecule has 0 aliphatic carbocycles. The fourth-order valence-corrected chi connectivity index (χ4v) is 6.93. The van der Waals surface area contributed by atoms with Gasteiger partial charge in [-0.3, -0.25) is 23.4 Å². The second kappa shape index (κ2) is 11.8. The summed E-state index contributed by atoms with van der Waals surface area (Å²) in [6.45, 7) is -11.4. The minimum atomic E-state index is -4.62. The van der Waals surface area contributed by atoms with Gasteiger partial charge in [0.2, 0.25) is 11.7 Å². The highest BCUT2D eigenvalue weighted by molar-refractivity contribution is 8.07. The molecule has 4 aromatic heterocycles. The number of anilines is 2. The van der Waals surface area contributed by atoms with E-state index < -0.39 is 81.5 Å². The van der Waals surface area contributed by atoms with Crippen molar-refractivity contribution < 1.29 is 50.9 Å². The van der Waals surface area contributed by atoms with Crippen molar-refractivity contribution in [1.29, 1.82) is 0 Å². The lowest BCUT2D eigenvalue weighted by atomic mass is 10.1. The zero-order valence-electron chi connectivity index (χ0n) is 22.8. The van der Waals surface area contributed by atoms with Crippen molar-refractivity contribution in [2.45, 2.75) is 42.7 Å². The first-order valence-corrected chi connectivity index (χ1v) is 18.0. The first kappa shape index (κ1) is 33.2. The highest BCUT2D eigenvalue weighted by Crippen LogP contribution is 2.53. The molecule has 0 saturated carbocycles. The molecular formula is C20H23F3N10O9P2S2. The van der Waals surface area contributed by atoms with Crippen molar-refractivity contribution in [1.82, 2.24) is 39.0 Å². The molecule has 2 fully saturated rings. The Morgan fingerprint density at radius 1 is 1.07 bits per heavy atom. The Morgan fingerprint density at radius 3 is 2.54 bits per heavy atom. The molecule has 4 aromatic rings. The third-order valence-corrected chi connectivity index (χ3v) is 9.42. The molecule has 0 spiro atoms. The Labute approximate surface area is 264 Å². The summed E-state index contributed by atoms with van der Waals surface area (Å²) in [7, 11) is 0. The van der Waals surface area contributed by atoms with Gasteiger partial charge in [-0.15, -0.1) is 0 Å². The van der Waals surface area contributed by atoms with Gasteiger partial charge in [-0.05, 0) is 23.6 Å². The normalized spacial score (nSPS) is 27.9. The number of nitrogens with zero attached hydrogens (tertiary/aromatic N) is 7. The maximum atomic E-state index is 16.8.